The molecule has 210 valence electrons. The van der Waals surface area contributed by atoms with Crippen LogP contribution in [-0.4, -0.2) is 49.9 Å². The number of carbonyl (C=O) groups excluding carboxylic acids is 1. The first-order valence-electron chi connectivity index (χ1n) is 13.2. The predicted molar refractivity (Wildman–Crippen MR) is 153 cm³/mol. The molecule has 0 bridgehead atoms. The van der Waals surface area contributed by atoms with Crippen molar-refractivity contribution in [3.63, 3.8) is 0 Å². The topological polar surface area (TPSA) is 96.1 Å². The zero-order valence-electron chi connectivity index (χ0n) is 23.3. The van der Waals surface area contributed by atoms with Gasteiger partial charge in [-0.2, -0.15) is 10.2 Å². The van der Waals surface area contributed by atoms with Crippen molar-refractivity contribution < 1.29 is 18.7 Å². The standard InChI is InChI=1S/C29H33FN6O3S/c1-6-25(29(37)31-21-9-7-20(30)8-10-21)40-27-15-19-14-23(38-4)24(39-5)16-22(19)28-32-26(34-36(27)28)11-12-35-18(3)13-17(2)33-35/h7-10,13-14,16,25,27H,6,11-12,15H2,1-5H3,(H,31,37). The van der Waals surface area contributed by atoms with Crippen LogP contribution in [0.25, 0.3) is 11.4 Å². The molecule has 0 fully saturated rings. The molecule has 0 saturated heterocycles. The van der Waals surface area contributed by atoms with Crippen LogP contribution in [0, 0.1) is 19.7 Å². The summed E-state index contributed by atoms with van der Waals surface area (Å²) in [6.45, 7) is 6.66. The number of ether oxygens (including phenoxy) is 2. The van der Waals surface area contributed by atoms with Gasteiger partial charge in [-0.15, -0.1) is 11.8 Å². The summed E-state index contributed by atoms with van der Waals surface area (Å²) < 4.78 is 28.4. The minimum atomic E-state index is -0.355. The molecular formula is C29H33FN6O3S. The van der Waals surface area contributed by atoms with Crippen LogP contribution >= 0.6 is 11.8 Å². The third-order valence-electron chi connectivity index (χ3n) is 6.94. The Hall–Kier alpha value is -3.86. The maximum atomic E-state index is 13.3. The number of carbonyl (C=O) groups is 1. The molecule has 5 rings (SSSR count). The van der Waals surface area contributed by atoms with Gasteiger partial charge in [-0.05, 0) is 68.3 Å². The van der Waals surface area contributed by atoms with Gasteiger partial charge >= 0.3 is 0 Å². The Labute approximate surface area is 237 Å². The van der Waals surface area contributed by atoms with E-state index in [1.807, 2.05) is 42.3 Å². The molecule has 1 aliphatic rings. The van der Waals surface area contributed by atoms with Gasteiger partial charge in [0.2, 0.25) is 5.91 Å². The predicted octanol–water partition coefficient (Wildman–Crippen LogP) is 5.36. The number of methoxy groups -OCH3 is 2. The smallest absolute Gasteiger partial charge is 0.237 e. The van der Waals surface area contributed by atoms with Crippen molar-refractivity contribution in [1.82, 2.24) is 24.5 Å². The fraction of sp³-hybridized carbons (Fsp3) is 0.379. The number of benzene rings is 2. The number of hydrogen-bond donors (Lipinski definition) is 1. The molecule has 2 aromatic heterocycles. The Morgan fingerprint density at radius 3 is 2.50 bits per heavy atom. The minimum Gasteiger partial charge on any atom is -0.493 e. The molecule has 2 unspecified atom stereocenters. The van der Waals surface area contributed by atoms with Gasteiger partial charge in [0.05, 0.1) is 25.2 Å². The van der Waals surface area contributed by atoms with Crippen molar-refractivity contribution in [2.75, 3.05) is 19.5 Å². The number of anilines is 1. The van der Waals surface area contributed by atoms with E-state index < -0.39 is 0 Å². The SMILES string of the molecule is CCC(SC1Cc2cc(OC)c(OC)cc2-c2nc(CCn3nc(C)cc3C)nn21)C(=O)Nc1ccc(F)cc1. The number of hydrogen-bond acceptors (Lipinski definition) is 7. The lowest BCUT2D eigenvalue weighted by atomic mass is 9.99. The summed E-state index contributed by atoms with van der Waals surface area (Å²) >= 11 is 1.54. The number of halogens is 1. The fourth-order valence-corrected chi connectivity index (χ4v) is 6.22. The minimum absolute atomic E-state index is 0.136. The highest BCUT2D eigenvalue weighted by atomic mass is 32.2. The zero-order valence-corrected chi connectivity index (χ0v) is 24.1. The summed E-state index contributed by atoms with van der Waals surface area (Å²) in [5, 5.41) is 11.9. The molecule has 1 N–H and O–H groups in total. The van der Waals surface area contributed by atoms with Gasteiger partial charge in [-0.25, -0.2) is 14.1 Å². The van der Waals surface area contributed by atoms with Gasteiger partial charge in [-0.3, -0.25) is 9.48 Å². The van der Waals surface area contributed by atoms with Crippen molar-refractivity contribution >= 4 is 23.4 Å². The normalized spacial score (nSPS) is 14.8. The van der Waals surface area contributed by atoms with Crippen LogP contribution in [-0.2, 0) is 24.2 Å². The van der Waals surface area contributed by atoms with Crippen LogP contribution in [0.5, 0.6) is 11.5 Å². The fourth-order valence-electron chi connectivity index (χ4n) is 4.93. The molecule has 0 saturated carbocycles. The molecule has 0 aliphatic carbocycles. The number of aromatic nitrogens is 5. The summed E-state index contributed by atoms with van der Waals surface area (Å²) in [5.41, 5.74) is 4.61. The Bertz CT molecular complexity index is 1520. The van der Waals surface area contributed by atoms with Gasteiger partial charge in [0.25, 0.3) is 0 Å². The van der Waals surface area contributed by atoms with Crippen LogP contribution in [0.2, 0.25) is 0 Å². The molecule has 0 radical (unpaired) electrons. The average molecular weight is 565 g/mol. The first-order valence-corrected chi connectivity index (χ1v) is 14.2. The highest BCUT2D eigenvalue weighted by Crippen LogP contribution is 2.44. The second-order valence-electron chi connectivity index (χ2n) is 9.75. The van der Waals surface area contributed by atoms with E-state index in [0.29, 0.717) is 48.8 Å². The molecule has 2 aromatic carbocycles. The molecule has 40 heavy (non-hydrogen) atoms. The van der Waals surface area contributed by atoms with Crippen LogP contribution < -0.4 is 14.8 Å². The van der Waals surface area contributed by atoms with Gasteiger partial charge in [0.15, 0.2) is 23.1 Å². The number of nitrogens with zero attached hydrogens (tertiary/aromatic N) is 5. The van der Waals surface area contributed by atoms with Crippen molar-refractivity contribution in [3.8, 4) is 22.9 Å². The molecule has 2 atom stereocenters. The molecular weight excluding hydrogens is 531 g/mol. The number of nitrogens with one attached hydrogen (secondary N) is 1. The van der Waals surface area contributed by atoms with E-state index in [0.717, 1.165) is 28.3 Å². The number of aryl methyl sites for hydroxylation is 4. The van der Waals surface area contributed by atoms with E-state index in [-0.39, 0.29) is 22.3 Å². The van der Waals surface area contributed by atoms with E-state index in [9.17, 15) is 9.18 Å². The number of amides is 1. The maximum Gasteiger partial charge on any atom is 0.237 e. The van der Waals surface area contributed by atoms with E-state index in [2.05, 4.69) is 16.5 Å². The molecule has 3 heterocycles. The molecule has 0 spiro atoms. The Morgan fingerprint density at radius 2 is 1.85 bits per heavy atom. The summed E-state index contributed by atoms with van der Waals surface area (Å²) in [5.74, 6) is 2.22. The molecule has 4 aromatic rings. The lowest BCUT2D eigenvalue weighted by Gasteiger charge is -2.28. The quantitative estimate of drug-likeness (QED) is 0.277. The highest BCUT2D eigenvalue weighted by molar-refractivity contribution is 8.00. The number of thioether (sulfide) groups is 1. The van der Waals surface area contributed by atoms with Gasteiger partial charge in [0, 0.05) is 36.3 Å². The van der Waals surface area contributed by atoms with Crippen LogP contribution in [0.4, 0.5) is 10.1 Å². The summed E-state index contributed by atoms with van der Waals surface area (Å²) in [4.78, 5) is 18.2. The summed E-state index contributed by atoms with van der Waals surface area (Å²) in [6, 6.07) is 11.8. The summed E-state index contributed by atoms with van der Waals surface area (Å²) in [7, 11) is 3.23. The van der Waals surface area contributed by atoms with Gasteiger partial charge < -0.3 is 14.8 Å². The van der Waals surface area contributed by atoms with Gasteiger partial charge in [-0.1, -0.05) is 6.92 Å². The highest BCUT2D eigenvalue weighted by Gasteiger charge is 2.33. The number of rotatable bonds is 10. The van der Waals surface area contributed by atoms with Crippen molar-refractivity contribution in [2.24, 2.45) is 0 Å². The van der Waals surface area contributed by atoms with E-state index >= 15 is 0 Å². The Kier molecular flexibility index (Phi) is 8.11. The van der Waals surface area contributed by atoms with E-state index in [1.54, 1.807) is 38.1 Å². The van der Waals surface area contributed by atoms with E-state index in [4.69, 9.17) is 19.6 Å². The monoisotopic (exact) mass is 564 g/mol. The van der Waals surface area contributed by atoms with Crippen molar-refractivity contribution in [3.05, 3.63) is 71.1 Å². The second kappa shape index (κ2) is 11.7. The first kappa shape index (κ1) is 27.7. The molecule has 1 amide bonds. The lowest BCUT2D eigenvalue weighted by Crippen LogP contribution is -2.28. The van der Waals surface area contributed by atoms with Crippen molar-refractivity contribution in [2.45, 2.75) is 57.2 Å². The van der Waals surface area contributed by atoms with Crippen LogP contribution in [0.3, 0.4) is 0 Å². The second-order valence-corrected chi connectivity index (χ2v) is 11.1. The van der Waals surface area contributed by atoms with Gasteiger partial charge in [0.1, 0.15) is 11.2 Å². The third kappa shape index (κ3) is 5.70. The first-order chi connectivity index (χ1) is 19.3. The Balaban J connectivity index is 1.44. The average Bonchev–Trinajstić information content (AvgIpc) is 3.52. The molecule has 1 aliphatic heterocycles. The van der Waals surface area contributed by atoms with Crippen LogP contribution in [0.1, 0.15) is 41.5 Å². The van der Waals surface area contributed by atoms with Crippen LogP contribution in [0.15, 0.2) is 42.5 Å². The maximum absolute atomic E-state index is 13.3. The Morgan fingerprint density at radius 1 is 1.12 bits per heavy atom. The number of fused-ring (bicyclic) bond motifs is 3. The lowest BCUT2D eigenvalue weighted by molar-refractivity contribution is -0.115. The molecule has 11 heteroatoms. The van der Waals surface area contributed by atoms with E-state index in [1.165, 1.54) is 12.1 Å². The summed E-state index contributed by atoms with van der Waals surface area (Å²) in [6.07, 6.45) is 1.86. The zero-order chi connectivity index (χ0) is 28.4. The molecule has 9 nitrogen and oxygen atoms in total. The third-order valence-corrected chi connectivity index (χ3v) is 8.50. The van der Waals surface area contributed by atoms with Crippen molar-refractivity contribution in [1.29, 1.82) is 0 Å². The largest absolute Gasteiger partial charge is 0.493 e.